The highest BCUT2D eigenvalue weighted by atomic mass is 16.2. The Morgan fingerprint density at radius 3 is 2.58 bits per heavy atom. The van der Waals surface area contributed by atoms with Gasteiger partial charge in [0.2, 0.25) is 5.91 Å². The first-order chi connectivity index (χ1) is 11.6. The lowest BCUT2D eigenvalue weighted by Crippen LogP contribution is -2.28. The van der Waals surface area contributed by atoms with E-state index in [9.17, 15) is 9.59 Å². The van der Waals surface area contributed by atoms with Crippen molar-refractivity contribution in [2.45, 2.75) is 26.3 Å². The first-order valence-electron chi connectivity index (χ1n) is 7.64. The van der Waals surface area contributed by atoms with Gasteiger partial charge in [-0.25, -0.2) is 5.43 Å². The molecule has 1 aromatic heterocycles. The summed E-state index contributed by atoms with van der Waals surface area (Å²) in [6, 6.07) is 12.9. The van der Waals surface area contributed by atoms with E-state index in [-0.39, 0.29) is 24.3 Å². The third-order valence-electron chi connectivity index (χ3n) is 3.37. The van der Waals surface area contributed by atoms with Crippen molar-refractivity contribution in [1.29, 1.82) is 0 Å². The maximum absolute atomic E-state index is 12.0. The van der Waals surface area contributed by atoms with Crippen molar-refractivity contribution in [2.75, 3.05) is 0 Å². The van der Waals surface area contributed by atoms with Crippen LogP contribution in [0.2, 0.25) is 0 Å². The molecule has 1 unspecified atom stereocenters. The molecule has 0 aliphatic heterocycles. The van der Waals surface area contributed by atoms with E-state index >= 15 is 0 Å². The molecule has 1 aromatic carbocycles. The Hall–Kier alpha value is -3.02. The van der Waals surface area contributed by atoms with Crippen LogP contribution in [-0.2, 0) is 4.79 Å². The van der Waals surface area contributed by atoms with Crippen LogP contribution >= 0.6 is 0 Å². The van der Waals surface area contributed by atoms with Crippen molar-refractivity contribution < 1.29 is 9.59 Å². The van der Waals surface area contributed by atoms with Crippen LogP contribution in [0.4, 0.5) is 0 Å². The van der Waals surface area contributed by atoms with E-state index in [1.807, 2.05) is 37.3 Å². The van der Waals surface area contributed by atoms with E-state index in [2.05, 4.69) is 20.8 Å². The van der Waals surface area contributed by atoms with Gasteiger partial charge in [0.1, 0.15) is 0 Å². The minimum atomic E-state index is -0.361. The van der Waals surface area contributed by atoms with Crippen molar-refractivity contribution in [3.05, 3.63) is 66.0 Å². The lowest BCUT2D eigenvalue weighted by Gasteiger charge is -2.14. The smallest absolute Gasteiger partial charge is 0.272 e. The van der Waals surface area contributed by atoms with Gasteiger partial charge in [-0.2, -0.15) is 5.10 Å². The van der Waals surface area contributed by atoms with Crippen molar-refractivity contribution in [1.82, 2.24) is 15.7 Å². The van der Waals surface area contributed by atoms with Gasteiger partial charge in [0.15, 0.2) is 0 Å². The van der Waals surface area contributed by atoms with Crippen LogP contribution in [0, 0.1) is 0 Å². The molecule has 0 aliphatic rings. The molecule has 6 heteroatoms. The highest BCUT2D eigenvalue weighted by Crippen LogP contribution is 2.11. The number of pyridine rings is 1. The number of hydrogen-bond donors (Lipinski definition) is 2. The summed E-state index contributed by atoms with van der Waals surface area (Å²) < 4.78 is 0. The third-order valence-corrected chi connectivity index (χ3v) is 3.37. The monoisotopic (exact) mass is 324 g/mol. The molecule has 0 saturated heterocycles. The van der Waals surface area contributed by atoms with Crippen LogP contribution < -0.4 is 10.7 Å². The summed E-state index contributed by atoms with van der Waals surface area (Å²) in [5.74, 6) is -0.510. The maximum atomic E-state index is 12.0. The zero-order chi connectivity index (χ0) is 17.4. The third kappa shape index (κ3) is 5.31. The number of amides is 2. The second-order valence-corrected chi connectivity index (χ2v) is 5.41. The number of benzene rings is 1. The number of hydrogen-bond acceptors (Lipinski definition) is 4. The molecule has 0 saturated carbocycles. The second-order valence-electron chi connectivity index (χ2n) is 5.41. The van der Waals surface area contributed by atoms with Crippen LogP contribution in [0.1, 0.15) is 42.2 Å². The molecule has 2 amide bonds. The number of rotatable bonds is 6. The fourth-order valence-electron chi connectivity index (χ4n) is 2.10. The Labute approximate surface area is 141 Å². The minimum Gasteiger partial charge on any atom is -0.349 e. The number of nitrogens with zero attached hydrogens (tertiary/aromatic N) is 2. The number of hydrazone groups is 1. The summed E-state index contributed by atoms with van der Waals surface area (Å²) in [4.78, 5) is 27.7. The van der Waals surface area contributed by atoms with E-state index in [4.69, 9.17) is 0 Å². The van der Waals surface area contributed by atoms with E-state index in [1.54, 1.807) is 25.3 Å². The van der Waals surface area contributed by atoms with E-state index in [0.29, 0.717) is 11.3 Å². The molecular weight excluding hydrogens is 304 g/mol. The van der Waals surface area contributed by atoms with Gasteiger partial charge in [-0.1, -0.05) is 30.3 Å². The average Bonchev–Trinajstić information content (AvgIpc) is 2.61. The Balaban J connectivity index is 1.84. The quantitative estimate of drug-likeness (QED) is 0.632. The van der Waals surface area contributed by atoms with E-state index in [0.717, 1.165) is 5.56 Å². The maximum Gasteiger partial charge on any atom is 0.272 e. The van der Waals surface area contributed by atoms with Gasteiger partial charge in [0.25, 0.3) is 5.91 Å². The van der Waals surface area contributed by atoms with Crippen LogP contribution in [-0.4, -0.2) is 22.5 Å². The predicted octanol–water partition coefficient (Wildman–Crippen LogP) is 2.45. The lowest BCUT2D eigenvalue weighted by atomic mass is 10.1. The summed E-state index contributed by atoms with van der Waals surface area (Å²) in [5, 5.41) is 6.85. The van der Waals surface area contributed by atoms with Gasteiger partial charge in [0.05, 0.1) is 18.0 Å². The van der Waals surface area contributed by atoms with Gasteiger partial charge >= 0.3 is 0 Å². The lowest BCUT2D eigenvalue weighted by molar-refractivity contribution is -0.120. The van der Waals surface area contributed by atoms with Crippen molar-refractivity contribution in [2.24, 2.45) is 5.10 Å². The Bertz CT molecular complexity index is 714. The van der Waals surface area contributed by atoms with Crippen molar-refractivity contribution in [3.8, 4) is 0 Å². The summed E-state index contributed by atoms with van der Waals surface area (Å²) in [7, 11) is 0. The predicted molar refractivity (Wildman–Crippen MR) is 92.4 cm³/mol. The van der Waals surface area contributed by atoms with Gasteiger partial charge in [-0.05, 0) is 31.5 Å². The fourth-order valence-corrected chi connectivity index (χ4v) is 2.10. The topological polar surface area (TPSA) is 83.5 Å². The molecule has 2 N–H and O–H groups in total. The number of carbonyl (C=O) groups is 2. The molecule has 1 heterocycles. The Morgan fingerprint density at radius 1 is 1.17 bits per heavy atom. The summed E-state index contributed by atoms with van der Waals surface area (Å²) in [5.41, 5.74) is 4.38. The molecule has 24 heavy (non-hydrogen) atoms. The van der Waals surface area contributed by atoms with Crippen molar-refractivity contribution in [3.63, 3.8) is 0 Å². The van der Waals surface area contributed by atoms with Crippen LogP contribution in [0.5, 0.6) is 0 Å². The normalized spacial score (nSPS) is 12.3. The molecule has 0 spiro atoms. The molecule has 2 aromatic rings. The number of carbonyl (C=O) groups excluding carboxylic acids is 2. The van der Waals surface area contributed by atoms with Gasteiger partial charge in [-0.3, -0.25) is 14.6 Å². The Morgan fingerprint density at radius 2 is 1.92 bits per heavy atom. The molecule has 0 aliphatic carbocycles. The second kappa shape index (κ2) is 8.57. The Kier molecular flexibility index (Phi) is 6.19. The van der Waals surface area contributed by atoms with Crippen LogP contribution in [0.15, 0.2) is 60.0 Å². The first-order valence-corrected chi connectivity index (χ1v) is 7.64. The number of nitrogens with one attached hydrogen (secondary N) is 2. The van der Waals surface area contributed by atoms with Gasteiger partial charge in [-0.15, -0.1) is 0 Å². The molecule has 0 fully saturated rings. The van der Waals surface area contributed by atoms with Crippen LogP contribution in [0.25, 0.3) is 0 Å². The first kappa shape index (κ1) is 17.3. The average molecular weight is 324 g/mol. The number of aromatic nitrogens is 1. The molecule has 0 bridgehead atoms. The van der Waals surface area contributed by atoms with Crippen LogP contribution in [0.3, 0.4) is 0 Å². The molecule has 2 rings (SSSR count). The largest absolute Gasteiger partial charge is 0.349 e. The molecule has 1 atom stereocenters. The zero-order valence-electron chi connectivity index (χ0n) is 13.7. The molecule has 0 radical (unpaired) electrons. The highest BCUT2D eigenvalue weighted by molar-refractivity contribution is 6.01. The SMILES string of the molecule is CC(CC(=O)NC(C)c1ccccc1)=NNC(=O)c1cccnc1. The minimum absolute atomic E-state index is 0.0866. The van der Waals surface area contributed by atoms with Crippen molar-refractivity contribution >= 4 is 17.5 Å². The summed E-state index contributed by atoms with van der Waals surface area (Å²) in [6.45, 7) is 3.61. The standard InChI is InChI=1S/C18H20N4O2/c1-13(21-22-18(24)16-9-6-10-19-12-16)11-17(23)20-14(2)15-7-4-3-5-8-15/h3-10,12,14H,11H2,1-2H3,(H,20,23)(H,22,24). The molecule has 6 nitrogen and oxygen atoms in total. The van der Waals surface area contributed by atoms with Gasteiger partial charge < -0.3 is 5.32 Å². The highest BCUT2D eigenvalue weighted by Gasteiger charge is 2.10. The summed E-state index contributed by atoms with van der Waals surface area (Å²) in [6.07, 6.45) is 3.16. The van der Waals surface area contributed by atoms with E-state index in [1.165, 1.54) is 6.20 Å². The van der Waals surface area contributed by atoms with Gasteiger partial charge in [0, 0.05) is 18.1 Å². The summed E-state index contributed by atoms with van der Waals surface area (Å²) >= 11 is 0. The fraction of sp³-hybridized carbons (Fsp3) is 0.222. The van der Waals surface area contributed by atoms with E-state index < -0.39 is 0 Å². The molecule has 124 valence electrons. The zero-order valence-corrected chi connectivity index (χ0v) is 13.7. The molecular formula is C18H20N4O2.